The summed E-state index contributed by atoms with van der Waals surface area (Å²) in [6.45, 7) is 10.8. The predicted octanol–water partition coefficient (Wildman–Crippen LogP) is 6.86. The summed E-state index contributed by atoms with van der Waals surface area (Å²) in [6.07, 6.45) is 15.7. The van der Waals surface area contributed by atoms with E-state index < -0.39 is 0 Å². The molecule has 0 aliphatic heterocycles. The van der Waals surface area contributed by atoms with Gasteiger partial charge in [-0.2, -0.15) is 0 Å². The van der Waals surface area contributed by atoms with E-state index in [4.69, 9.17) is 0 Å². The van der Waals surface area contributed by atoms with Crippen molar-refractivity contribution in [3.05, 3.63) is 83.0 Å². The number of carbonyl (C=O) groups is 1. The molecule has 0 bridgehead atoms. The van der Waals surface area contributed by atoms with Gasteiger partial charge in [0, 0.05) is 11.8 Å². The predicted molar refractivity (Wildman–Crippen MR) is 123 cm³/mol. The second-order valence-electron chi connectivity index (χ2n) is 8.46. The monoisotopic (exact) mass is 391 g/mol. The van der Waals surface area contributed by atoms with E-state index in [1.807, 2.05) is 19.1 Å². The number of hydrogen-bond acceptors (Lipinski definition) is 2. The smallest absolute Gasteiger partial charge is 0.248 e. The number of benzene rings is 1. The second kappa shape index (κ2) is 10.1. The highest BCUT2D eigenvalue weighted by Crippen LogP contribution is 2.40. The van der Waals surface area contributed by atoms with Crippen LogP contribution in [0.25, 0.3) is 0 Å². The Labute approximate surface area is 175 Å². The normalized spacial score (nSPS) is 18.0. The number of carbonyl (C=O) groups excluding carboxylic acids is 1. The highest BCUT2D eigenvalue weighted by molar-refractivity contribution is 6.00. The number of anilines is 1. The summed E-state index contributed by atoms with van der Waals surface area (Å²) in [5.41, 5.74) is 5.85. The molecule has 3 heteroatoms. The fourth-order valence-electron chi connectivity index (χ4n) is 3.60. The lowest BCUT2D eigenvalue weighted by molar-refractivity contribution is -0.111. The van der Waals surface area contributed by atoms with Crippen molar-refractivity contribution in [2.45, 2.75) is 53.9 Å². The van der Waals surface area contributed by atoms with Crippen LogP contribution in [0, 0.1) is 5.41 Å². The zero-order chi connectivity index (χ0) is 21.4. The van der Waals surface area contributed by atoms with Gasteiger partial charge in [0.05, 0.1) is 0 Å². The molecule has 0 unspecified atom stereocenters. The average Bonchev–Trinajstić information content (AvgIpc) is 2.64. The number of phenolic OH excluding ortho intramolecular Hbond substituents is 1. The van der Waals surface area contributed by atoms with Gasteiger partial charge in [0.1, 0.15) is 5.75 Å². The molecule has 0 heterocycles. The standard InChI is InChI=1S/C26H33NO2/c1-19(8-6-10-24-21(3)9-7-17-26(24,4)5)11-12-20(2)18-25(29)27-22-13-15-23(28)16-14-22/h6,8,10-16,18,28H,7,9,17H2,1-5H3,(H,27,29)/b10-6+,12-11+,19-8+,20-18+. The highest BCUT2D eigenvalue weighted by Gasteiger charge is 2.26. The Hall–Kier alpha value is -2.81. The van der Waals surface area contributed by atoms with Crippen LogP contribution in [0.2, 0.25) is 0 Å². The van der Waals surface area contributed by atoms with Crippen molar-refractivity contribution in [3.63, 3.8) is 0 Å². The van der Waals surface area contributed by atoms with E-state index in [0.29, 0.717) is 5.69 Å². The number of amides is 1. The van der Waals surface area contributed by atoms with Crippen molar-refractivity contribution in [1.29, 1.82) is 0 Å². The third kappa shape index (κ3) is 7.26. The van der Waals surface area contributed by atoms with E-state index in [1.165, 1.54) is 30.4 Å². The molecule has 3 nitrogen and oxygen atoms in total. The van der Waals surface area contributed by atoms with Crippen molar-refractivity contribution in [2.24, 2.45) is 5.41 Å². The first-order valence-corrected chi connectivity index (χ1v) is 10.2. The summed E-state index contributed by atoms with van der Waals surface area (Å²) in [5, 5.41) is 12.1. The molecular formula is C26H33NO2. The van der Waals surface area contributed by atoms with Crippen molar-refractivity contribution < 1.29 is 9.90 Å². The van der Waals surface area contributed by atoms with Crippen molar-refractivity contribution in [2.75, 3.05) is 5.32 Å². The van der Waals surface area contributed by atoms with Crippen molar-refractivity contribution in [1.82, 2.24) is 0 Å². The van der Waals surface area contributed by atoms with Gasteiger partial charge in [-0.05, 0) is 80.9 Å². The van der Waals surface area contributed by atoms with Crippen LogP contribution in [0.4, 0.5) is 5.69 Å². The van der Waals surface area contributed by atoms with Gasteiger partial charge in [-0.1, -0.05) is 55.4 Å². The minimum Gasteiger partial charge on any atom is -0.508 e. The Morgan fingerprint density at radius 1 is 1.10 bits per heavy atom. The molecule has 1 amide bonds. The zero-order valence-corrected chi connectivity index (χ0v) is 18.3. The summed E-state index contributed by atoms with van der Waals surface area (Å²) in [4.78, 5) is 12.1. The van der Waals surface area contributed by atoms with Crippen molar-refractivity contribution >= 4 is 11.6 Å². The van der Waals surface area contributed by atoms with Crippen molar-refractivity contribution in [3.8, 4) is 5.75 Å². The average molecular weight is 392 g/mol. The topological polar surface area (TPSA) is 49.3 Å². The lowest BCUT2D eigenvalue weighted by Crippen LogP contribution is -2.18. The van der Waals surface area contributed by atoms with Crippen LogP contribution in [0.15, 0.2) is 83.0 Å². The maximum atomic E-state index is 12.1. The van der Waals surface area contributed by atoms with Crippen LogP contribution in [0.5, 0.6) is 5.75 Å². The van der Waals surface area contributed by atoms with Crippen LogP contribution in [-0.4, -0.2) is 11.0 Å². The van der Waals surface area contributed by atoms with E-state index in [2.05, 4.69) is 51.2 Å². The number of phenols is 1. The van der Waals surface area contributed by atoms with Crippen LogP contribution >= 0.6 is 0 Å². The fourth-order valence-corrected chi connectivity index (χ4v) is 3.60. The first-order chi connectivity index (χ1) is 13.7. The van der Waals surface area contributed by atoms with E-state index in [9.17, 15) is 9.90 Å². The molecule has 1 aliphatic carbocycles. The van der Waals surface area contributed by atoms with Gasteiger partial charge in [-0.25, -0.2) is 0 Å². The van der Waals surface area contributed by atoms with E-state index in [1.54, 1.807) is 30.3 Å². The molecule has 2 rings (SSSR count). The summed E-state index contributed by atoms with van der Waals surface area (Å²) in [6, 6.07) is 6.41. The first-order valence-electron chi connectivity index (χ1n) is 10.2. The Morgan fingerprint density at radius 3 is 2.41 bits per heavy atom. The SMILES string of the molecule is CC1=C(/C=C/C=C(C)/C=C/C(C)=C/C(=O)Nc2ccc(O)cc2)C(C)(C)CCC1. The summed E-state index contributed by atoms with van der Waals surface area (Å²) in [5.74, 6) is -0.0196. The number of allylic oxidation sites excluding steroid dienone is 9. The molecule has 0 spiro atoms. The quantitative estimate of drug-likeness (QED) is 0.316. The molecule has 0 saturated carbocycles. The minimum atomic E-state index is -0.193. The Balaban J connectivity index is 1.96. The van der Waals surface area contributed by atoms with Gasteiger partial charge in [-0.15, -0.1) is 0 Å². The van der Waals surface area contributed by atoms with Crippen LogP contribution < -0.4 is 5.32 Å². The summed E-state index contributed by atoms with van der Waals surface area (Å²) < 4.78 is 0. The van der Waals surface area contributed by atoms with Gasteiger partial charge in [0.25, 0.3) is 0 Å². The molecule has 0 atom stereocenters. The number of nitrogens with one attached hydrogen (secondary N) is 1. The third-order valence-corrected chi connectivity index (χ3v) is 5.27. The minimum absolute atomic E-state index is 0.174. The molecule has 154 valence electrons. The number of rotatable bonds is 6. The van der Waals surface area contributed by atoms with Gasteiger partial charge in [-0.3, -0.25) is 4.79 Å². The molecule has 1 aromatic carbocycles. The highest BCUT2D eigenvalue weighted by atomic mass is 16.3. The lowest BCUT2D eigenvalue weighted by atomic mass is 9.72. The number of aromatic hydroxyl groups is 1. The molecule has 1 aromatic rings. The van der Waals surface area contributed by atoms with E-state index in [-0.39, 0.29) is 17.1 Å². The van der Waals surface area contributed by atoms with Crippen LogP contribution in [0.1, 0.15) is 53.9 Å². The summed E-state index contributed by atoms with van der Waals surface area (Å²) in [7, 11) is 0. The maximum absolute atomic E-state index is 12.1. The Bertz CT molecular complexity index is 878. The van der Waals surface area contributed by atoms with Crippen LogP contribution in [0.3, 0.4) is 0 Å². The molecule has 0 aromatic heterocycles. The molecule has 2 N–H and O–H groups in total. The van der Waals surface area contributed by atoms with Gasteiger partial charge in [0.15, 0.2) is 0 Å². The molecule has 1 aliphatic rings. The van der Waals surface area contributed by atoms with Gasteiger partial charge >= 0.3 is 0 Å². The molecule has 0 fully saturated rings. The Kier molecular flexibility index (Phi) is 7.83. The number of hydrogen-bond donors (Lipinski definition) is 2. The second-order valence-corrected chi connectivity index (χ2v) is 8.46. The third-order valence-electron chi connectivity index (χ3n) is 5.27. The molecule has 29 heavy (non-hydrogen) atoms. The molecular weight excluding hydrogens is 358 g/mol. The lowest BCUT2D eigenvalue weighted by Gasteiger charge is -2.32. The van der Waals surface area contributed by atoms with E-state index in [0.717, 1.165) is 11.1 Å². The zero-order valence-electron chi connectivity index (χ0n) is 18.3. The van der Waals surface area contributed by atoms with E-state index >= 15 is 0 Å². The van der Waals surface area contributed by atoms with Gasteiger partial charge in [0.2, 0.25) is 5.91 Å². The molecule has 0 saturated heterocycles. The largest absolute Gasteiger partial charge is 0.508 e. The fraction of sp³-hybridized carbons (Fsp3) is 0.346. The molecule has 0 radical (unpaired) electrons. The Morgan fingerprint density at radius 2 is 1.76 bits per heavy atom. The summed E-state index contributed by atoms with van der Waals surface area (Å²) >= 11 is 0. The maximum Gasteiger partial charge on any atom is 0.248 e. The van der Waals surface area contributed by atoms with Gasteiger partial charge < -0.3 is 10.4 Å². The first kappa shape index (κ1) is 22.5. The van der Waals surface area contributed by atoms with Crippen LogP contribution in [-0.2, 0) is 4.79 Å².